The Balaban J connectivity index is 1.58. The fourth-order valence-electron chi connectivity index (χ4n) is 2.45. The van der Waals surface area contributed by atoms with E-state index in [4.69, 9.17) is 4.74 Å². The predicted octanol–water partition coefficient (Wildman–Crippen LogP) is 3.34. The topological polar surface area (TPSA) is 76.1 Å². The van der Waals surface area contributed by atoms with Gasteiger partial charge in [0, 0.05) is 18.4 Å². The van der Waals surface area contributed by atoms with Crippen molar-refractivity contribution < 1.29 is 13.9 Å². The number of hydrogen-bond acceptors (Lipinski definition) is 5. The first-order valence-corrected chi connectivity index (χ1v) is 8.41. The Morgan fingerprint density at radius 1 is 1.11 bits per heavy atom. The molecule has 0 bridgehead atoms. The summed E-state index contributed by atoms with van der Waals surface area (Å²) in [6, 6.07) is 15.3. The van der Waals surface area contributed by atoms with Gasteiger partial charge >= 0.3 is 0 Å². The quantitative estimate of drug-likeness (QED) is 0.671. The fraction of sp³-hybridized carbons (Fsp3) is 0.150. The summed E-state index contributed by atoms with van der Waals surface area (Å²) in [4.78, 5) is 20.6. The van der Waals surface area contributed by atoms with Crippen LogP contribution >= 0.6 is 0 Å². The molecule has 138 valence electrons. The van der Waals surface area contributed by atoms with Crippen LogP contribution in [0.4, 0.5) is 16.0 Å². The Morgan fingerprint density at radius 2 is 1.89 bits per heavy atom. The van der Waals surface area contributed by atoms with Crippen molar-refractivity contribution in [1.29, 1.82) is 0 Å². The second-order valence-corrected chi connectivity index (χ2v) is 5.72. The van der Waals surface area contributed by atoms with E-state index in [2.05, 4.69) is 20.6 Å². The first-order chi connectivity index (χ1) is 13.2. The number of hydrogen-bond donors (Lipinski definition) is 2. The molecule has 0 aliphatic rings. The maximum absolute atomic E-state index is 13.6. The zero-order valence-corrected chi connectivity index (χ0v) is 14.8. The van der Waals surface area contributed by atoms with Crippen molar-refractivity contribution >= 4 is 17.5 Å². The minimum atomic E-state index is -0.341. The third kappa shape index (κ3) is 5.01. The lowest BCUT2D eigenvalue weighted by Gasteiger charge is -2.08. The zero-order valence-electron chi connectivity index (χ0n) is 14.8. The molecule has 1 amide bonds. The molecule has 3 aromatic rings. The molecule has 0 radical (unpaired) electrons. The standard InChI is InChI=1S/C20H19FN4O2/c1-27-16-8-6-15(7-9-16)24-20-23-13-11-18(25-20)19(26)22-12-10-14-4-2-3-5-17(14)21/h2-9,11,13H,10,12H2,1H3,(H,22,26)(H,23,24,25). The highest BCUT2D eigenvalue weighted by Crippen LogP contribution is 2.17. The second-order valence-electron chi connectivity index (χ2n) is 5.72. The van der Waals surface area contributed by atoms with Gasteiger partial charge in [0.15, 0.2) is 0 Å². The highest BCUT2D eigenvalue weighted by molar-refractivity contribution is 5.92. The van der Waals surface area contributed by atoms with Gasteiger partial charge in [0.25, 0.3) is 5.91 Å². The number of benzene rings is 2. The van der Waals surface area contributed by atoms with Crippen LogP contribution in [0, 0.1) is 5.82 Å². The van der Waals surface area contributed by atoms with Crippen molar-refractivity contribution in [3.63, 3.8) is 0 Å². The third-order valence-electron chi connectivity index (χ3n) is 3.87. The van der Waals surface area contributed by atoms with Crippen molar-refractivity contribution in [3.05, 3.63) is 77.9 Å². The van der Waals surface area contributed by atoms with E-state index in [1.165, 1.54) is 18.3 Å². The Morgan fingerprint density at radius 3 is 2.63 bits per heavy atom. The van der Waals surface area contributed by atoms with E-state index in [0.717, 1.165) is 11.4 Å². The van der Waals surface area contributed by atoms with Crippen molar-refractivity contribution in [3.8, 4) is 5.75 Å². The van der Waals surface area contributed by atoms with Crippen LogP contribution in [0.1, 0.15) is 16.1 Å². The largest absolute Gasteiger partial charge is 0.497 e. The molecule has 1 aromatic heterocycles. The normalized spacial score (nSPS) is 10.3. The van der Waals surface area contributed by atoms with Gasteiger partial charge in [-0.2, -0.15) is 0 Å². The lowest BCUT2D eigenvalue weighted by atomic mass is 10.1. The summed E-state index contributed by atoms with van der Waals surface area (Å²) in [6.07, 6.45) is 1.91. The molecule has 6 nitrogen and oxygen atoms in total. The van der Waals surface area contributed by atoms with Crippen LogP contribution in [0.15, 0.2) is 60.8 Å². The lowest BCUT2D eigenvalue weighted by molar-refractivity contribution is 0.0949. The first kappa shape index (κ1) is 18.3. The highest BCUT2D eigenvalue weighted by Gasteiger charge is 2.09. The number of anilines is 2. The average Bonchev–Trinajstić information content (AvgIpc) is 2.70. The number of halogens is 1. The Kier molecular flexibility index (Phi) is 5.94. The average molecular weight is 366 g/mol. The molecular weight excluding hydrogens is 347 g/mol. The van der Waals surface area contributed by atoms with E-state index in [1.54, 1.807) is 25.3 Å². The number of carbonyl (C=O) groups excluding carboxylic acids is 1. The van der Waals surface area contributed by atoms with Crippen LogP contribution in [0.25, 0.3) is 0 Å². The van der Waals surface area contributed by atoms with Crippen LogP contribution in [0.5, 0.6) is 5.75 Å². The van der Waals surface area contributed by atoms with Gasteiger partial charge < -0.3 is 15.4 Å². The summed E-state index contributed by atoms with van der Waals surface area (Å²) in [5.41, 5.74) is 1.56. The van der Waals surface area contributed by atoms with Crippen LogP contribution in [0.2, 0.25) is 0 Å². The third-order valence-corrected chi connectivity index (χ3v) is 3.87. The van der Waals surface area contributed by atoms with Gasteiger partial charge in [-0.05, 0) is 48.4 Å². The van der Waals surface area contributed by atoms with Gasteiger partial charge in [-0.25, -0.2) is 14.4 Å². The summed E-state index contributed by atoms with van der Waals surface area (Å²) in [5, 5.41) is 5.77. The van der Waals surface area contributed by atoms with Gasteiger partial charge in [-0.1, -0.05) is 18.2 Å². The zero-order chi connectivity index (χ0) is 19.1. The highest BCUT2D eigenvalue weighted by atomic mass is 19.1. The second kappa shape index (κ2) is 8.75. The molecular formula is C20H19FN4O2. The molecule has 0 spiro atoms. The number of carbonyl (C=O) groups is 1. The maximum atomic E-state index is 13.6. The number of nitrogens with one attached hydrogen (secondary N) is 2. The molecule has 2 N–H and O–H groups in total. The molecule has 0 aliphatic carbocycles. The summed E-state index contributed by atoms with van der Waals surface area (Å²) in [5.74, 6) is 0.428. The molecule has 0 saturated carbocycles. The SMILES string of the molecule is COc1ccc(Nc2nccc(C(=O)NCCc3ccccc3F)n2)cc1. The molecule has 2 aromatic carbocycles. The summed E-state index contributed by atoms with van der Waals surface area (Å²) < 4.78 is 18.7. The van der Waals surface area contributed by atoms with Gasteiger partial charge in [0.1, 0.15) is 17.3 Å². The van der Waals surface area contributed by atoms with Crippen LogP contribution < -0.4 is 15.4 Å². The maximum Gasteiger partial charge on any atom is 0.270 e. The smallest absolute Gasteiger partial charge is 0.270 e. The van der Waals surface area contributed by atoms with E-state index >= 15 is 0 Å². The number of rotatable bonds is 7. The van der Waals surface area contributed by atoms with Gasteiger partial charge in [0.2, 0.25) is 5.95 Å². The van der Waals surface area contributed by atoms with E-state index in [1.807, 2.05) is 24.3 Å². The number of amides is 1. The van der Waals surface area contributed by atoms with E-state index in [-0.39, 0.29) is 17.4 Å². The lowest BCUT2D eigenvalue weighted by Crippen LogP contribution is -2.27. The van der Waals surface area contributed by atoms with Gasteiger partial charge in [0.05, 0.1) is 7.11 Å². The minimum Gasteiger partial charge on any atom is -0.497 e. The molecule has 0 atom stereocenters. The fourth-order valence-corrected chi connectivity index (χ4v) is 2.45. The van der Waals surface area contributed by atoms with Crippen LogP contribution in [0.3, 0.4) is 0 Å². The van der Waals surface area contributed by atoms with Crippen molar-refractivity contribution in [2.45, 2.75) is 6.42 Å². The number of nitrogens with zero attached hydrogens (tertiary/aromatic N) is 2. The number of methoxy groups -OCH3 is 1. The summed E-state index contributed by atoms with van der Waals surface area (Å²) >= 11 is 0. The van der Waals surface area contributed by atoms with Gasteiger partial charge in [-0.3, -0.25) is 4.79 Å². The molecule has 1 heterocycles. The molecule has 0 unspecified atom stereocenters. The molecule has 0 fully saturated rings. The Bertz CT molecular complexity index is 916. The molecule has 3 rings (SSSR count). The van der Waals surface area contributed by atoms with E-state index in [0.29, 0.717) is 24.5 Å². The van der Waals surface area contributed by atoms with Crippen LogP contribution in [-0.4, -0.2) is 29.5 Å². The van der Waals surface area contributed by atoms with E-state index in [9.17, 15) is 9.18 Å². The Labute approximate surface area is 156 Å². The molecule has 0 aliphatic heterocycles. The Hall–Kier alpha value is -3.48. The molecule has 0 saturated heterocycles. The molecule has 27 heavy (non-hydrogen) atoms. The predicted molar refractivity (Wildman–Crippen MR) is 101 cm³/mol. The molecule has 7 heteroatoms. The van der Waals surface area contributed by atoms with Crippen LogP contribution in [-0.2, 0) is 6.42 Å². The summed E-state index contributed by atoms with van der Waals surface area (Å²) in [6.45, 7) is 0.311. The number of aromatic nitrogens is 2. The van der Waals surface area contributed by atoms with Crippen molar-refractivity contribution in [2.75, 3.05) is 19.0 Å². The van der Waals surface area contributed by atoms with Crippen molar-refractivity contribution in [1.82, 2.24) is 15.3 Å². The monoisotopic (exact) mass is 366 g/mol. The first-order valence-electron chi connectivity index (χ1n) is 8.41. The van der Waals surface area contributed by atoms with E-state index < -0.39 is 0 Å². The van der Waals surface area contributed by atoms with Gasteiger partial charge in [-0.15, -0.1) is 0 Å². The number of ether oxygens (including phenoxy) is 1. The minimum absolute atomic E-state index is 0.231. The van der Waals surface area contributed by atoms with Crippen molar-refractivity contribution in [2.24, 2.45) is 0 Å². The summed E-state index contributed by atoms with van der Waals surface area (Å²) in [7, 11) is 1.60.